The number of rotatable bonds is 6. The van der Waals surface area contributed by atoms with Crippen molar-refractivity contribution in [3.05, 3.63) is 89.1 Å². The zero-order chi connectivity index (χ0) is 22.8. The molecule has 0 bridgehead atoms. The van der Waals surface area contributed by atoms with Crippen LogP contribution in [0.4, 0.5) is 10.2 Å². The molecule has 1 aromatic carbocycles. The number of nitrogens with two attached hydrogens (primary N) is 1. The number of aromatic amines is 1. The molecule has 4 aromatic heterocycles. The molecule has 0 aliphatic carbocycles. The number of nitrogens with zero attached hydrogens (tertiary/aromatic N) is 2. The summed E-state index contributed by atoms with van der Waals surface area (Å²) in [6.45, 7) is 0. The summed E-state index contributed by atoms with van der Waals surface area (Å²) < 4.78 is 13.5. The molecule has 164 valence electrons. The van der Waals surface area contributed by atoms with Gasteiger partial charge in [-0.2, -0.15) is 0 Å². The van der Waals surface area contributed by atoms with E-state index in [-0.39, 0.29) is 11.7 Å². The van der Waals surface area contributed by atoms with Crippen LogP contribution in [0.25, 0.3) is 33.4 Å². The average Bonchev–Trinajstić information content (AvgIpc) is 3.47. The van der Waals surface area contributed by atoms with E-state index in [4.69, 9.17) is 5.73 Å². The molecular formula is C25H20FN5OS. The molecule has 6 nitrogen and oxygen atoms in total. The molecule has 0 saturated carbocycles. The average molecular weight is 458 g/mol. The van der Waals surface area contributed by atoms with E-state index in [2.05, 4.69) is 20.3 Å². The Hall–Kier alpha value is -3.88. The molecule has 5 rings (SSSR count). The predicted octanol–water partition coefficient (Wildman–Crippen LogP) is 5.00. The topological polar surface area (TPSA) is 96.7 Å². The molecule has 4 heterocycles. The summed E-state index contributed by atoms with van der Waals surface area (Å²) in [6, 6.07) is 17.0. The van der Waals surface area contributed by atoms with E-state index in [0.717, 1.165) is 32.6 Å². The number of H-pyrrole nitrogens is 1. The first-order valence-electron chi connectivity index (χ1n) is 10.4. The van der Waals surface area contributed by atoms with Gasteiger partial charge < -0.3 is 16.0 Å². The van der Waals surface area contributed by atoms with Crippen molar-refractivity contribution >= 4 is 34.1 Å². The van der Waals surface area contributed by atoms with Crippen LogP contribution in [0.3, 0.4) is 0 Å². The number of pyridine rings is 2. The minimum atomic E-state index is -0.674. The van der Waals surface area contributed by atoms with Gasteiger partial charge in [-0.25, -0.2) is 9.37 Å². The summed E-state index contributed by atoms with van der Waals surface area (Å²) >= 11 is 1.57. The van der Waals surface area contributed by atoms with Crippen LogP contribution in [0, 0.1) is 5.82 Å². The van der Waals surface area contributed by atoms with Crippen molar-refractivity contribution in [1.82, 2.24) is 15.0 Å². The molecule has 4 N–H and O–H groups in total. The standard InChI is InChI=1S/C25H20FN5OS/c26-17-5-3-16(4-6-17)23-22(15-9-11-28-12-10-15)19-7-8-21(29-24(19)31-23)30-25(32)20(27)14-18-2-1-13-33-18/h1-13,20H,14,27H2,(H2,29,30,31,32)/t20-/m0/s1. The maximum atomic E-state index is 13.5. The van der Waals surface area contributed by atoms with Crippen LogP contribution in [0.2, 0.25) is 0 Å². The first kappa shape index (κ1) is 21.0. The second-order valence-electron chi connectivity index (χ2n) is 7.59. The van der Waals surface area contributed by atoms with Crippen LogP contribution in [-0.4, -0.2) is 26.9 Å². The summed E-state index contributed by atoms with van der Waals surface area (Å²) in [5.74, 6) is -0.195. The number of thiophene rings is 1. The Kier molecular flexibility index (Phi) is 5.68. The largest absolute Gasteiger partial charge is 0.339 e. The Labute approximate surface area is 193 Å². The molecular weight excluding hydrogens is 437 g/mol. The zero-order valence-corrected chi connectivity index (χ0v) is 18.3. The number of anilines is 1. The van der Waals surface area contributed by atoms with Gasteiger partial charge in [-0.15, -0.1) is 11.3 Å². The second-order valence-corrected chi connectivity index (χ2v) is 8.62. The molecule has 33 heavy (non-hydrogen) atoms. The number of amides is 1. The normalized spacial score (nSPS) is 12.1. The highest BCUT2D eigenvalue weighted by Gasteiger charge is 2.19. The first-order chi connectivity index (χ1) is 16.1. The molecule has 0 fully saturated rings. The fourth-order valence-electron chi connectivity index (χ4n) is 3.75. The Bertz CT molecular complexity index is 1400. The van der Waals surface area contributed by atoms with Crippen molar-refractivity contribution in [2.24, 2.45) is 5.73 Å². The Morgan fingerprint density at radius 3 is 2.58 bits per heavy atom. The van der Waals surface area contributed by atoms with Crippen molar-refractivity contribution < 1.29 is 9.18 Å². The number of hydrogen-bond acceptors (Lipinski definition) is 5. The van der Waals surface area contributed by atoms with Crippen molar-refractivity contribution in [3.63, 3.8) is 0 Å². The van der Waals surface area contributed by atoms with Gasteiger partial charge in [0.15, 0.2) is 0 Å². The van der Waals surface area contributed by atoms with E-state index in [1.165, 1.54) is 12.1 Å². The van der Waals surface area contributed by atoms with Gasteiger partial charge in [0.25, 0.3) is 0 Å². The summed E-state index contributed by atoms with van der Waals surface area (Å²) in [4.78, 5) is 25.7. The minimum Gasteiger partial charge on any atom is -0.339 e. The fourth-order valence-corrected chi connectivity index (χ4v) is 4.51. The maximum Gasteiger partial charge on any atom is 0.242 e. The summed E-state index contributed by atoms with van der Waals surface area (Å²) in [5.41, 5.74) is 10.2. The van der Waals surface area contributed by atoms with E-state index in [9.17, 15) is 9.18 Å². The highest BCUT2D eigenvalue weighted by atomic mass is 32.1. The number of aromatic nitrogens is 3. The van der Waals surface area contributed by atoms with Gasteiger partial charge >= 0.3 is 0 Å². The third-order valence-electron chi connectivity index (χ3n) is 5.35. The minimum absolute atomic E-state index is 0.296. The summed E-state index contributed by atoms with van der Waals surface area (Å²) in [5, 5.41) is 5.65. The highest BCUT2D eigenvalue weighted by Crippen LogP contribution is 2.38. The Morgan fingerprint density at radius 1 is 1.06 bits per heavy atom. The Balaban J connectivity index is 1.50. The monoisotopic (exact) mass is 457 g/mol. The first-order valence-corrected chi connectivity index (χ1v) is 11.2. The van der Waals surface area contributed by atoms with Gasteiger partial charge in [0.1, 0.15) is 17.3 Å². The van der Waals surface area contributed by atoms with Crippen LogP contribution in [0.5, 0.6) is 0 Å². The van der Waals surface area contributed by atoms with E-state index in [1.54, 1.807) is 41.9 Å². The van der Waals surface area contributed by atoms with Crippen molar-refractivity contribution in [3.8, 4) is 22.4 Å². The summed E-state index contributed by atoms with van der Waals surface area (Å²) in [6.07, 6.45) is 3.91. The van der Waals surface area contributed by atoms with Crippen LogP contribution in [-0.2, 0) is 11.2 Å². The molecule has 5 aromatic rings. The van der Waals surface area contributed by atoms with Crippen LogP contribution >= 0.6 is 11.3 Å². The number of halogens is 1. The molecule has 8 heteroatoms. The Morgan fingerprint density at radius 2 is 1.85 bits per heavy atom. The van der Waals surface area contributed by atoms with Crippen molar-refractivity contribution in [2.75, 3.05) is 5.32 Å². The fraction of sp³-hybridized carbons (Fsp3) is 0.0800. The summed E-state index contributed by atoms with van der Waals surface area (Å²) in [7, 11) is 0. The number of benzene rings is 1. The van der Waals surface area contributed by atoms with E-state index < -0.39 is 6.04 Å². The van der Waals surface area contributed by atoms with Gasteiger partial charge in [0.2, 0.25) is 5.91 Å². The van der Waals surface area contributed by atoms with E-state index in [1.807, 2.05) is 35.7 Å². The molecule has 0 radical (unpaired) electrons. The van der Waals surface area contributed by atoms with Gasteiger partial charge in [-0.05, 0) is 71.1 Å². The van der Waals surface area contributed by atoms with Crippen molar-refractivity contribution in [1.29, 1.82) is 0 Å². The lowest BCUT2D eigenvalue weighted by Crippen LogP contribution is -2.37. The quantitative estimate of drug-likeness (QED) is 0.334. The number of nitrogens with one attached hydrogen (secondary N) is 2. The predicted molar refractivity (Wildman–Crippen MR) is 129 cm³/mol. The lowest BCUT2D eigenvalue weighted by molar-refractivity contribution is -0.117. The highest BCUT2D eigenvalue weighted by molar-refractivity contribution is 7.09. The molecule has 0 saturated heterocycles. The number of carbonyl (C=O) groups is 1. The van der Waals surface area contributed by atoms with E-state index in [0.29, 0.717) is 17.9 Å². The maximum absolute atomic E-state index is 13.5. The van der Waals surface area contributed by atoms with Gasteiger partial charge in [-0.3, -0.25) is 9.78 Å². The third-order valence-corrected chi connectivity index (χ3v) is 6.25. The van der Waals surface area contributed by atoms with Crippen LogP contribution < -0.4 is 11.1 Å². The molecule has 0 aliphatic rings. The van der Waals surface area contributed by atoms with Crippen LogP contribution in [0.1, 0.15) is 4.88 Å². The molecule has 0 unspecified atom stereocenters. The van der Waals surface area contributed by atoms with E-state index >= 15 is 0 Å². The number of hydrogen-bond donors (Lipinski definition) is 3. The molecule has 0 spiro atoms. The lowest BCUT2D eigenvalue weighted by atomic mass is 10.00. The van der Waals surface area contributed by atoms with Crippen LogP contribution in [0.15, 0.2) is 78.4 Å². The second kappa shape index (κ2) is 8.93. The molecule has 0 aliphatic heterocycles. The SMILES string of the molecule is N[C@@H](Cc1cccs1)C(=O)Nc1ccc2c(-c3ccncc3)c(-c3ccc(F)cc3)[nH]c2n1. The van der Waals surface area contributed by atoms with Gasteiger partial charge in [0, 0.05) is 34.6 Å². The zero-order valence-electron chi connectivity index (χ0n) is 17.5. The smallest absolute Gasteiger partial charge is 0.242 e. The molecule has 1 amide bonds. The van der Waals surface area contributed by atoms with Crippen molar-refractivity contribution in [2.45, 2.75) is 12.5 Å². The third kappa shape index (κ3) is 4.39. The van der Waals surface area contributed by atoms with Gasteiger partial charge in [0.05, 0.1) is 11.7 Å². The number of fused-ring (bicyclic) bond motifs is 1. The van der Waals surface area contributed by atoms with Gasteiger partial charge in [-0.1, -0.05) is 6.07 Å². The molecule has 1 atom stereocenters. The lowest BCUT2D eigenvalue weighted by Gasteiger charge is -2.11. The number of carbonyl (C=O) groups excluding carboxylic acids is 1.